The van der Waals surface area contributed by atoms with Gasteiger partial charge in [-0.25, -0.2) is 0 Å². The molecule has 1 nitrogen and oxygen atoms in total. The zero-order valence-corrected chi connectivity index (χ0v) is 14.5. The van der Waals surface area contributed by atoms with E-state index < -0.39 is 0 Å². The molecule has 0 saturated heterocycles. The summed E-state index contributed by atoms with van der Waals surface area (Å²) in [5, 5.41) is 0. The van der Waals surface area contributed by atoms with E-state index in [4.69, 9.17) is 0 Å². The highest BCUT2D eigenvalue weighted by molar-refractivity contribution is 9.10. The lowest BCUT2D eigenvalue weighted by Crippen LogP contribution is -2.66. The van der Waals surface area contributed by atoms with Gasteiger partial charge in [-0.1, -0.05) is 66.2 Å². The zero-order chi connectivity index (χ0) is 15.4. The number of hydrogen-bond donors (Lipinski definition) is 0. The molecule has 0 N–H and O–H groups in total. The molecule has 0 aromatic heterocycles. The molecular weight excluding hydrogens is 324 g/mol. The van der Waals surface area contributed by atoms with Crippen LogP contribution in [0.2, 0.25) is 0 Å². The lowest BCUT2D eigenvalue weighted by molar-refractivity contribution is -0.167. The molecular formula is C19H21BrO. The summed E-state index contributed by atoms with van der Waals surface area (Å²) in [6.45, 7) is 10.9. The molecule has 21 heavy (non-hydrogen) atoms. The fourth-order valence-electron chi connectivity index (χ4n) is 4.35. The van der Waals surface area contributed by atoms with E-state index in [-0.39, 0.29) is 16.7 Å². The Bertz CT molecular complexity index is 668. The molecule has 1 saturated carbocycles. The van der Waals surface area contributed by atoms with Crippen LogP contribution < -0.4 is 0 Å². The van der Waals surface area contributed by atoms with Crippen molar-refractivity contribution in [3.63, 3.8) is 0 Å². The summed E-state index contributed by atoms with van der Waals surface area (Å²) < 4.78 is 1.05. The molecule has 0 unspecified atom stereocenters. The number of fused-ring (bicyclic) bond motifs is 1. The van der Waals surface area contributed by atoms with Crippen molar-refractivity contribution in [2.45, 2.75) is 33.6 Å². The van der Waals surface area contributed by atoms with Gasteiger partial charge in [-0.3, -0.25) is 4.79 Å². The van der Waals surface area contributed by atoms with Crippen LogP contribution in [0.5, 0.6) is 0 Å². The Hall–Kier alpha value is -1.15. The van der Waals surface area contributed by atoms with Crippen LogP contribution in [0.4, 0.5) is 0 Å². The Morgan fingerprint density at radius 2 is 2.05 bits per heavy atom. The topological polar surface area (TPSA) is 17.1 Å². The third kappa shape index (κ3) is 1.78. The van der Waals surface area contributed by atoms with Crippen molar-refractivity contribution in [3.8, 4) is 0 Å². The molecule has 1 aromatic rings. The van der Waals surface area contributed by atoms with Crippen LogP contribution in [0.1, 0.15) is 39.2 Å². The molecule has 0 spiro atoms. The Kier molecular flexibility index (Phi) is 3.29. The first-order valence-electron chi connectivity index (χ1n) is 7.46. The van der Waals surface area contributed by atoms with Gasteiger partial charge in [-0.15, -0.1) is 0 Å². The van der Waals surface area contributed by atoms with Gasteiger partial charge in [-0.2, -0.15) is 0 Å². The third-order valence-corrected chi connectivity index (χ3v) is 6.47. The van der Waals surface area contributed by atoms with Gasteiger partial charge >= 0.3 is 0 Å². The smallest absolute Gasteiger partial charge is 0.147 e. The molecule has 1 aromatic carbocycles. The number of ketones is 1. The fraction of sp³-hybridized carbons (Fsp3) is 0.421. The molecule has 3 aliphatic rings. The molecule has 110 valence electrons. The normalized spacial score (nSPS) is 29.6. The van der Waals surface area contributed by atoms with Gasteiger partial charge in [0.1, 0.15) is 5.78 Å². The van der Waals surface area contributed by atoms with E-state index in [0.29, 0.717) is 5.78 Å². The number of rotatable bonds is 3. The summed E-state index contributed by atoms with van der Waals surface area (Å²) in [4.78, 5) is 12.7. The first-order valence-corrected chi connectivity index (χ1v) is 8.26. The standard InChI is InChI=1S/C19H21BrO/c1-12(14-7-5-6-8-16(14)20)11-19-13(2)9-10-15(17(19)21)18(19,3)4/h5-9,15H,1,10-11H2,2-4H3/t15-,19+/m0/s1. The zero-order valence-electron chi connectivity index (χ0n) is 12.9. The molecule has 4 rings (SSSR count). The molecule has 0 aliphatic heterocycles. The lowest BCUT2D eigenvalue weighted by atomic mass is 9.37. The van der Waals surface area contributed by atoms with E-state index in [1.165, 1.54) is 5.57 Å². The molecule has 0 heterocycles. The van der Waals surface area contributed by atoms with Gasteiger partial charge in [0, 0.05) is 10.4 Å². The van der Waals surface area contributed by atoms with E-state index in [0.717, 1.165) is 28.5 Å². The first kappa shape index (κ1) is 14.8. The van der Waals surface area contributed by atoms with Crippen molar-refractivity contribution in [3.05, 3.63) is 52.5 Å². The number of carbonyl (C=O) groups excluding carboxylic acids is 1. The van der Waals surface area contributed by atoms with Crippen molar-refractivity contribution in [1.82, 2.24) is 0 Å². The van der Waals surface area contributed by atoms with Gasteiger partial charge in [0.15, 0.2) is 0 Å². The van der Waals surface area contributed by atoms with Gasteiger partial charge in [0.2, 0.25) is 0 Å². The minimum Gasteiger partial charge on any atom is -0.298 e. The molecule has 2 atom stereocenters. The largest absolute Gasteiger partial charge is 0.298 e. The Morgan fingerprint density at radius 1 is 1.38 bits per heavy atom. The first-order chi connectivity index (χ1) is 9.82. The predicted molar refractivity (Wildman–Crippen MR) is 90.9 cm³/mol. The monoisotopic (exact) mass is 344 g/mol. The van der Waals surface area contributed by atoms with E-state index in [2.05, 4.69) is 55.4 Å². The van der Waals surface area contributed by atoms with Crippen LogP contribution in [0.3, 0.4) is 0 Å². The second-order valence-electron chi connectivity index (χ2n) is 6.93. The van der Waals surface area contributed by atoms with Crippen LogP contribution in [0.25, 0.3) is 5.57 Å². The SMILES string of the molecule is C=C(C[C@]12C(=O)[C@H](CC=C1C)C2(C)C)c1ccccc1Br. The minimum atomic E-state index is -0.345. The number of benzene rings is 1. The lowest BCUT2D eigenvalue weighted by Gasteiger charge is -2.63. The molecule has 0 amide bonds. The van der Waals surface area contributed by atoms with Gasteiger partial charge in [-0.05, 0) is 42.4 Å². The van der Waals surface area contributed by atoms with Gasteiger partial charge < -0.3 is 0 Å². The van der Waals surface area contributed by atoms with Crippen LogP contribution >= 0.6 is 15.9 Å². The van der Waals surface area contributed by atoms with Crippen LogP contribution in [0.15, 0.2) is 47.0 Å². The van der Waals surface area contributed by atoms with E-state index >= 15 is 0 Å². The number of allylic oxidation sites excluding steroid dienone is 3. The van der Waals surface area contributed by atoms with Crippen LogP contribution in [-0.2, 0) is 4.79 Å². The Labute approximate surface area is 135 Å². The van der Waals surface area contributed by atoms with Crippen molar-refractivity contribution in [2.24, 2.45) is 16.7 Å². The third-order valence-electron chi connectivity index (χ3n) is 5.77. The quantitative estimate of drug-likeness (QED) is 0.669. The number of halogens is 1. The second-order valence-corrected chi connectivity index (χ2v) is 7.78. The molecule has 2 bridgehead atoms. The van der Waals surface area contributed by atoms with Crippen molar-refractivity contribution < 1.29 is 4.79 Å². The van der Waals surface area contributed by atoms with Crippen molar-refractivity contribution >= 4 is 27.3 Å². The summed E-state index contributed by atoms with van der Waals surface area (Å²) in [5.74, 6) is 0.605. The van der Waals surface area contributed by atoms with Gasteiger partial charge in [0.05, 0.1) is 5.41 Å². The summed E-state index contributed by atoms with van der Waals surface area (Å²) >= 11 is 3.59. The maximum atomic E-state index is 12.7. The number of Topliss-reactive ketones (excluding diaryl/α,β-unsaturated/α-hetero) is 1. The van der Waals surface area contributed by atoms with Crippen molar-refractivity contribution in [2.75, 3.05) is 0 Å². The summed E-state index contributed by atoms with van der Waals surface area (Å²) in [6.07, 6.45) is 3.88. The highest BCUT2D eigenvalue weighted by Gasteiger charge is 2.68. The molecule has 2 heteroatoms. The predicted octanol–water partition coefficient (Wildman–Crippen LogP) is 5.41. The molecule has 0 radical (unpaired) electrons. The number of hydrogen-bond acceptors (Lipinski definition) is 1. The van der Waals surface area contributed by atoms with Gasteiger partial charge in [0.25, 0.3) is 0 Å². The minimum absolute atomic E-state index is 0.0348. The Morgan fingerprint density at radius 3 is 2.62 bits per heavy atom. The maximum Gasteiger partial charge on any atom is 0.147 e. The summed E-state index contributed by atoms with van der Waals surface area (Å²) in [5.41, 5.74) is 3.07. The summed E-state index contributed by atoms with van der Waals surface area (Å²) in [7, 11) is 0. The van der Waals surface area contributed by atoms with Crippen molar-refractivity contribution in [1.29, 1.82) is 0 Å². The average Bonchev–Trinajstić information content (AvgIpc) is 2.42. The number of carbonyl (C=O) groups is 1. The van der Waals surface area contributed by atoms with E-state index in [9.17, 15) is 4.79 Å². The molecule has 3 aliphatic carbocycles. The molecule has 1 fully saturated rings. The Balaban J connectivity index is 1.99. The fourth-order valence-corrected chi connectivity index (χ4v) is 4.92. The average molecular weight is 345 g/mol. The maximum absolute atomic E-state index is 12.7. The van der Waals surface area contributed by atoms with E-state index in [1.54, 1.807) is 0 Å². The van der Waals surface area contributed by atoms with Crippen LogP contribution in [-0.4, -0.2) is 5.78 Å². The highest BCUT2D eigenvalue weighted by Crippen LogP contribution is 2.68. The van der Waals surface area contributed by atoms with Crippen LogP contribution in [0, 0.1) is 16.7 Å². The van der Waals surface area contributed by atoms with E-state index in [1.807, 2.05) is 18.2 Å². The second kappa shape index (κ2) is 4.67. The highest BCUT2D eigenvalue weighted by atomic mass is 79.9. The summed E-state index contributed by atoms with van der Waals surface area (Å²) in [6, 6.07) is 8.11.